The van der Waals surface area contributed by atoms with Gasteiger partial charge in [-0.3, -0.25) is 4.79 Å². The van der Waals surface area contributed by atoms with Crippen LogP contribution in [0.4, 0.5) is 0 Å². The zero-order chi connectivity index (χ0) is 10.3. The monoisotopic (exact) mass is 184 g/mol. The maximum Gasteiger partial charge on any atom is 0.132 e. The number of ketones is 1. The summed E-state index contributed by atoms with van der Waals surface area (Å²) >= 11 is 0. The highest BCUT2D eigenvalue weighted by molar-refractivity contribution is 5.78. The number of Topliss-reactive ketones (excluding diaryl/α,β-unsaturated/α-hetero) is 1. The van der Waals surface area contributed by atoms with E-state index in [9.17, 15) is 4.79 Å². The Balaban J connectivity index is 3.67. The quantitative estimate of drug-likeness (QED) is 0.585. The van der Waals surface area contributed by atoms with Crippen molar-refractivity contribution >= 4 is 5.78 Å². The smallest absolute Gasteiger partial charge is 0.132 e. The Bertz CT molecular complexity index is 147. The highest BCUT2D eigenvalue weighted by atomic mass is 16.1. The number of hydrogen-bond donors (Lipinski definition) is 0. The van der Waals surface area contributed by atoms with Crippen molar-refractivity contribution < 1.29 is 4.79 Å². The van der Waals surface area contributed by atoms with Gasteiger partial charge < -0.3 is 0 Å². The highest BCUT2D eigenvalue weighted by Gasteiger charge is 2.17. The maximum atomic E-state index is 11.3. The first-order valence-corrected chi connectivity index (χ1v) is 5.53. The number of carbonyl (C=O) groups excluding carboxylic acids is 1. The molecule has 0 N–H and O–H groups in total. The SMILES string of the molecule is CCCC(=O)CCC(C)(C)CCC. The van der Waals surface area contributed by atoms with E-state index in [1.165, 1.54) is 12.8 Å². The molecule has 0 aromatic rings. The number of rotatable bonds is 7. The molecule has 0 heterocycles. The molecule has 0 saturated carbocycles. The van der Waals surface area contributed by atoms with Crippen LogP contribution in [0.5, 0.6) is 0 Å². The fraction of sp³-hybridized carbons (Fsp3) is 0.917. The van der Waals surface area contributed by atoms with Crippen LogP contribution in [-0.2, 0) is 4.79 Å². The number of carbonyl (C=O) groups is 1. The van der Waals surface area contributed by atoms with Crippen molar-refractivity contribution in [2.45, 2.75) is 66.2 Å². The average molecular weight is 184 g/mol. The highest BCUT2D eigenvalue weighted by Crippen LogP contribution is 2.28. The van der Waals surface area contributed by atoms with E-state index < -0.39 is 0 Å². The van der Waals surface area contributed by atoms with Crippen molar-refractivity contribution in [3.05, 3.63) is 0 Å². The molecule has 0 rings (SSSR count). The third-order valence-corrected chi connectivity index (χ3v) is 2.54. The largest absolute Gasteiger partial charge is 0.300 e. The van der Waals surface area contributed by atoms with E-state index in [0.29, 0.717) is 11.2 Å². The molecule has 0 atom stereocenters. The predicted octanol–water partition coefficient (Wildman–Crippen LogP) is 3.96. The fourth-order valence-electron chi connectivity index (χ4n) is 1.68. The summed E-state index contributed by atoms with van der Waals surface area (Å²) in [6, 6.07) is 0. The van der Waals surface area contributed by atoms with Gasteiger partial charge in [0.2, 0.25) is 0 Å². The third kappa shape index (κ3) is 6.80. The minimum atomic E-state index is 0.359. The molecule has 0 radical (unpaired) electrons. The van der Waals surface area contributed by atoms with Crippen LogP contribution in [0.15, 0.2) is 0 Å². The van der Waals surface area contributed by atoms with Crippen molar-refractivity contribution in [1.82, 2.24) is 0 Å². The molecular weight excluding hydrogens is 160 g/mol. The fourth-order valence-corrected chi connectivity index (χ4v) is 1.68. The molecule has 0 unspecified atom stereocenters. The molecule has 0 aromatic carbocycles. The Morgan fingerprint density at radius 2 is 1.62 bits per heavy atom. The van der Waals surface area contributed by atoms with Crippen LogP contribution in [0.3, 0.4) is 0 Å². The molecule has 0 spiro atoms. The van der Waals surface area contributed by atoms with Gasteiger partial charge in [0, 0.05) is 12.8 Å². The minimum absolute atomic E-state index is 0.359. The second kappa shape index (κ2) is 6.17. The molecule has 0 aliphatic heterocycles. The molecule has 0 saturated heterocycles. The van der Waals surface area contributed by atoms with Gasteiger partial charge in [-0.05, 0) is 24.7 Å². The van der Waals surface area contributed by atoms with E-state index in [4.69, 9.17) is 0 Å². The topological polar surface area (TPSA) is 17.1 Å². The van der Waals surface area contributed by atoms with E-state index in [2.05, 4.69) is 27.7 Å². The van der Waals surface area contributed by atoms with E-state index in [-0.39, 0.29) is 0 Å². The summed E-state index contributed by atoms with van der Waals surface area (Å²) in [4.78, 5) is 11.3. The van der Waals surface area contributed by atoms with Gasteiger partial charge in [0.25, 0.3) is 0 Å². The summed E-state index contributed by atoms with van der Waals surface area (Å²) in [5.74, 6) is 0.437. The first-order valence-electron chi connectivity index (χ1n) is 5.53. The number of hydrogen-bond acceptors (Lipinski definition) is 1. The van der Waals surface area contributed by atoms with Crippen molar-refractivity contribution in [3.63, 3.8) is 0 Å². The summed E-state index contributed by atoms with van der Waals surface area (Å²) in [5.41, 5.74) is 0.359. The van der Waals surface area contributed by atoms with Crippen molar-refractivity contribution in [2.75, 3.05) is 0 Å². The van der Waals surface area contributed by atoms with Crippen molar-refractivity contribution in [3.8, 4) is 0 Å². The van der Waals surface area contributed by atoms with E-state index in [0.717, 1.165) is 25.7 Å². The van der Waals surface area contributed by atoms with Crippen LogP contribution in [0.25, 0.3) is 0 Å². The van der Waals surface area contributed by atoms with Crippen LogP contribution in [0, 0.1) is 5.41 Å². The van der Waals surface area contributed by atoms with Gasteiger partial charge in [-0.1, -0.05) is 34.1 Å². The first kappa shape index (κ1) is 12.7. The Morgan fingerprint density at radius 1 is 1.00 bits per heavy atom. The Kier molecular flexibility index (Phi) is 6.02. The third-order valence-electron chi connectivity index (χ3n) is 2.54. The lowest BCUT2D eigenvalue weighted by atomic mass is 9.82. The predicted molar refractivity (Wildman–Crippen MR) is 57.8 cm³/mol. The molecule has 1 nitrogen and oxygen atoms in total. The molecule has 0 aliphatic carbocycles. The molecule has 78 valence electrons. The summed E-state index contributed by atoms with van der Waals surface area (Å²) in [7, 11) is 0. The molecule has 0 aromatic heterocycles. The lowest BCUT2D eigenvalue weighted by molar-refractivity contribution is -0.119. The lowest BCUT2D eigenvalue weighted by Crippen LogP contribution is -2.13. The molecule has 0 amide bonds. The normalized spacial score (nSPS) is 11.7. The molecule has 1 heteroatoms. The lowest BCUT2D eigenvalue weighted by Gasteiger charge is -2.23. The van der Waals surface area contributed by atoms with Gasteiger partial charge in [0.05, 0.1) is 0 Å². The zero-order valence-corrected chi connectivity index (χ0v) is 9.65. The summed E-state index contributed by atoms with van der Waals surface area (Å²) < 4.78 is 0. The first-order chi connectivity index (χ1) is 6.02. The van der Waals surface area contributed by atoms with E-state index in [1.54, 1.807) is 0 Å². The Hall–Kier alpha value is -0.330. The molecule has 0 aliphatic rings. The molecular formula is C12H24O. The summed E-state index contributed by atoms with van der Waals surface area (Å²) in [5, 5.41) is 0. The molecule has 0 bridgehead atoms. The van der Waals surface area contributed by atoms with Gasteiger partial charge in [-0.2, -0.15) is 0 Å². The summed E-state index contributed by atoms with van der Waals surface area (Å²) in [6.45, 7) is 8.79. The van der Waals surface area contributed by atoms with Crippen LogP contribution in [0.1, 0.15) is 66.2 Å². The second-order valence-corrected chi connectivity index (χ2v) is 4.70. The van der Waals surface area contributed by atoms with E-state index >= 15 is 0 Å². The van der Waals surface area contributed by atoms with Crippen molar-refractivity contribution in [2.24, 2.45) is 5.41 Å². The van der Waals surface area contributed by atoms with Gasteiger partial charge in [0.1, 0.15) is 5.78 Å². The minimum Gasteiger partial charge on any atom is -0.300 e. The van der Waals surface area contributed by atoms with Crippen LogP contribution >= 0.6 is 0 Å². The second-order valence-electron chi connectivity index (χ2n) is 4.70. The zero-order valence-electron chi connectivity index (χ0n) is 9.65. The summed E-state index contributed by atoms with van der Waals surface area (Å²) in [6.07, 6.45) is 6.04. The Labute approximate surface area is 82.9 Å². The van der Waals surface area contributed by atoms with Gasteiger partial charge in [-0.25, -0.2) is 0 Å². The standard InChI is InChI=1S/C12H24O/c1-5-7-11(13)8-10-12(3,4)9-6-2/h5-10H2,1-4H3. The van der Waals surface area contributed by atoms with Crippen molar-refractivity contribution in [1.29, 1.82) is 0 Å². The van der Waals surface area contributed by atoms with Crippen LogP contribution in [-0.4, -0.2) is 5.78 Å². The molecule has 13 heavy (non-hydrogen) atoms. The van der Waals surface area contributed by atoms with Gasteiger partial charge >= 0.3 is 0 Å². The Morgan fingerprint density at radius 3 is 2.08 bits per heavy atom. The van der Waals surface area contributed by atoms with Gasteiger partial charge in [0.15, 0.2) is 0 Å². The maximum absolute atomic E-state index is 11.3. The van der Waals surface area contributed by atoms with Crippen LogP contribution < -0.4 is 0 Å². The molecule has 0 fully saturated rings. The average Bonchev–Trinajstić information content (AvgIpc) is 2.02. The van der Waals surface area contributed by atoms with Crippen LogP contribution in [0.2, 0.25) is 0 Å². The van der Waals surface area contributed by atoms with E-state index in [1.807, 2.05) is 0 Å². The van der Waals surface area contributed by atoms with Gasteiger partial charge in [-0.15, -0.1) is 0 Å².